The number of tetrazole rings is 1. The van der Waals surface area contributed by atoms with Crippen LogP contribution in [-0.4, -0.2) is 47.5 Å². The number of carboxylic acids is 1. The van der Waals surface area contributed by atoms with Crippen LogP contribution in [0.2, 0.25) is 0 Å². The average molecular weight is 265 g/mol. The van der Waals surface area contributed by atoms with E-state index in [1.807, 2.05) is 0 Å². The zero-order valence-corrected chi connectivity index (χ0v) is 9.96. The molecule has 8 nitrogen and oxygen atoms in total. The Morgan fingerprint density at radius 3 is 3.00 bits per heavy atom. The highest BCUT2D eigenvalue weighted by molar-refractivity contribution is 8.03. The van der Waals surface area contributed by atoms with Crippen LogP contribution in [0.3, 0.4) is 0 Å². The smallest absolute Gasteiger partial charge is 0.353 e. The summed E-state index contributed by atoms with van der Waals surface area (Å²) in [5.74, 6) is -0.957. The molecule has 0 spiro atoms. The van der Waals surface area contributed by atoms with Crippen LogP contribution in [0.15, 0.2) is 16.7 Å². The predicted molar refractivity (Wildman–Crippen MR) is 60.7 cm³/mol. The zero-order chi connectivity index (χ0) is 12.9. The highest BCUT2D eigenvalue weighted by atomic mass is 32.2. The average Bonchev–Trinajstić information content (AvgIpc) is 2.90. The van der Waals surface area contributed by atoms with Gasteiger partial charge < -0.3 is 5.11 Å². The van der Waals surface area contributed by atoms with Crippen molar-refractivity contribution in [2.75, 3.05) is 0 Å². The SMILES string of the molecule is Cn1nnnc1C=C1C(=O)N2C(C(=O)O)=CS[C@@H]12. The van der Waals surface area contributed by atoms with Gasteiger partial charge in [-0.05, 0) is 16.5 Å². The number of nitrogens with zero attached hydrogens (tertiary/aromatic N) is 5. The molecule has 1 fully saturated rings. The number of aromatic nitrogens is 4. The third-order valence-corrected chi connectivity index (χ3v) is 3.77. The Morgan fingerprint density at radius 2 is 2.39 bits per heavy atom. The Kier molecular flexibility index (Phi) is 2.23. The maximum absolute atomic E-state index is 11.9. The van der Waals surface area contributed by atoms with Crippen molar-refractivity contribution in [1.82, 2.24) is 25.1 Å². The standard InChI is InChI=1S/C9H7N5O3S/c1-13-6(10-11-12-13)2-4-7(15)14-5(9(16)17)3-18-8(4)14/h2-3,8H,1H3,(H,16,17)/t8-/m0/s1. The van der Waals surface area contributed by atoms with Crippen molar-refractivity contribution in [3.05, 3.63) is 22.5 Å². The third-order valence-electron chi connectivity index (χ3n) is 2.69. The Labute approximate surface area is 105 Å². The number of carbonyl (C=O) groups excluding carboxylic acids is 1. The van der Waals surface area contributed by atoms with Crippen LogP contribution >= 0.6 is 11.8 Å². The molecule has 18 heavy (non-hydrogen) atoms. The number of β-lactam (4-membered cyclic amide) rings is 1. The van der Waals surface area contributed by atoms with Gasteiger partial charge in [-0.2, -0.15) is 0 Å². The van der Waals surface area contributed by atoms with E-state index in [9.17, 15) is 9.59 Å². The fourth-order valence-corrected chi connectivity index (χ4v) is 2.88. The number of hydrogen-bond acceptors (Lipinski definition) is 6. The first-order valence-corrected chi connectivity index (χ1v) is 5.90. The summed E-state index contributed by atoms with van der Waals surface area (Å²) in [5.41, 5.74) is 0.522. The molecule has 1 aromatic rings. The number of thioether (sulfide) groups is 1. The van der Waals surface area contributed by atoms with Crippen LogP contribution < -0.4 is 0 Å². The van der Waals surface area contributed by atoms with Crippen LogP contribution in [0, 0.1) is 0 Å². The maximum Gasteiger partial charge on any atom is 0.353 e. The fraction of sp³-hybridized carbons (Fsp3) is 0.222. The molecule has 3 heterocycles. The van der Waals surface area contributed by atoms with Gasteiger partial charge in [0.1, 0.15) is 11.1 Å². The van der Waals surface area contributed by atoms with Crippen molar-refractivity contribution in [3.8, 4) is 0 Å². The van der Waals surface area contributed by atoms with Crippen LogP contribution in [0.1, 0.15) is 5.82 Å². The van der Waals surface area contributed by atoms with Crippen LogP contribution in [0.5, 0.6) is 0 Å². The van der Waals surface area contributed by atoms with Gasteiger partial charge in [-0.3, -0.25) is 9.69 Å². The largest absolute Gasteiger partial charge is 0.477 e. The minimum absolute atomic E-state index is 0.0169. The molecule has 0 radical (unpaired) electrons. The lowest BCUT2D eigenvalue weighted by Crippen LogP contribution is -2.51. The first-order chi connectivity index (χ1) is 8.59. The summed E-state index contributed by atoms with van der Waals surface area (Å²) in [6.45, 7) is 0. The van der Waals surface area contributed by atoms with Crippen molar-refractivity contribution in [2.24, 2.45) is 7.05 Å². The molecule has 3 rings (SSSR count). The summed E-state index contributed by atoms with van der Waals surface area (Å²) in [7, 11) is 1.66. The van der Waals surface area contributed by atoms with Gasteiger partial charge in [-0.1, -0.05) is 0 Å². The van der Waals surface area contributed by atoms with Crippen LogP contribution in [0.4, 0.5) is 0 Å². The maximum atomic E-state index is 11.9. The lowest BCUT2D eigenvalue weighted by atomic mass is 10.0. The van der Waals surface area contributed by atoms with Crippen molar-refractivity contribution >= 4 is 29.7 Å². The summed E-state index contributed by atoms with van der Waals surface area (Å²) < 4.78 is 1.44. The molecule has 0 bridgehead atoms. The number of carboxylic acid groups (broad SMARTS) is 1. The van der Waals surface area contributed by atoms with Crippen molar-refractivity contribution < 1.29 is 14.7 Å². The third kappa shape index (κ3) is 1.37. The van der Waals surface area contributed by atoms with Crippen molar-refractivity contribution in [1.29, 1.82) is 0 Å². The zero-order valence-electron chi connectivity index (χ0n) is 9.14. The Morgan fingerprint density at radius 1 is 1.61 bits per heavy atom. The van der Waals surface area contributed by atoms with Gasteiger partial charge in [0, 0.05) is 12.5 Å². The van der Waals surface area contributed by atoms with E-state index in [1.54, 1.807) is 13.1 Å². The number of fused-ring (bicyclic) bond motifs is 1. The second-order valence-electron chi connectivity index (χ2n) is 3.73. The number of aryl methyl sites for hydroxylation is 1. The fourth-order valence-electron chi connectivity index (χ4n) is 1.76. The minimum Gasteiger partial charge on any atom is -0.477 e. The second kappa shape index (κ2) is 3.67. The summed E-state index contributed by atoms with van der Waals surface area (Å²) >= 11 is 1.28. The number of aliphatic carboxylic acids is 1. The molecule has 0 saturated carbocycles. The van der Waals surface area contributed by atoms with E-state index >= 15 is 0 Å². The topological polar surface area (TPSA) is 101 Å². The molecule has 92 valence electrons. The van der Waals surface area contributed by atoms with Crippen LogP contribution in [-0.2, 0) is 16.6 Å². The van der Waals surface area contributed by atoms with E-state index in [0.717, 1.165) is 0 Å². The molecule has 0 aromatic carbocycles. The first kappa shape index (κ1) is 11.0. The Balaban J connectivity index is 1.89. The molecule has 2 aliphatic rings. The summed E-state index contributed by atoms with van der Waals surface area (Å²) in [4.78, 5) is 24.0. The van der Waals surface area contributed by atoms with Crippen molar-refractivity contribution in [3.63, 3.8) is 0 Å². The van der Waals surface area contributed by atoms with E-state index in [1.165, 1.54) is 26.8 Å². The van der Waals surface area contributed by atoms with Gasteiger partial charge in [0.2, 0.25) is 0 Å². The van der Waals surface area contributed by atoms with Gasteiger partial charge in [0.15, 0.2) is 5.82 Å². The minimum atomic E-state index is -1.10. The molecule has 1 N–H and O–H groups in total. The Bertz CT molecular complexity index is 619. The highest BCUT2D eigenvalue weighted by Crippen LogP contribution is 2.44. The molecule has 9 heteroatoms. The van der Waals surface area contributed by atoms with E-state index < -0.39 is 5.97 Å². The van der Waals surface area contributed by atoms with E-state index in [0.29, 0.717) is 11.4 Å². The molecule has 0 aliphatic carbocycles. The van der Waals surface area contributed by atoms with Crippen molar-refractivity contribution in [2.45, 2.75) is 5.37 Å². The molecule has 1 saturated heterocycles. The molecule has 2 aliphatic heterocycles. The summed E-state index contributed by atoms with van der Waals surface area (Å²) in [5, 5.41) is 21.0. The quantitative estimate of drug-likeness (QED) is 0.564. The lowest BCUT2D eigenvalue weighted by Gasteiger charge is -2.36. The summed E-state index contributed by atoms with van der Waals surface area (Å²) in [6.07, 6.45) is 1.58. The van der Waals surface area contributed by atoms with Crippen LogP contribution in [0.25, 0.3) is 6.08 Å². The second-order valence-corrected chi connectivity index (χ2v) is 4.69. The lowest BCUT2D eigenvalue weighted by molar-refractivity contribution is -0.141. The summed E-state index contributed by atoms with van der Waals surface area (Å²) in [6, 6.07) is 0. The van der Waals surface area contributed by atoms with Gasteiger partial charge in [0.05, 0.1) is 5.57 Å². The predicted octanol–water partition coefficient (Wildman–Crippen LogP) is -0.565. The molecular weight excluding hydrogens is 258 g/mol. The van der Waals surface area contributed by atoms with Gasteiger partial charge in [0.25, 0.3) is 5.91 Å². The number of amides is 1. The molecule has 1 amide bonds. The van der Waals surface area contributed by atoms with Gasteiger partial charge >= 0.3 is 5.97 Å². The number of hydrogen-bond donors (Lipinski definition) is 1. The monoisotopic (exact) mass is 265 g/mol. The molecule has 0 unspecified atom stereocenters. The van der Waals surface area contributed by atoms with Gasteiger partial charge in [-0.15, -0.1) is 16.9 Å². The first-order valence-electron chi connectivity index (χ1n) is 4.96. The molecular formula is C9H7N5O3S. The number of rotatable bonds is 2. The Hall–Kier alpha value is -2.16. The molecule has 1 aromatic heterocycles. The number of carbonyl (C=O) groups is 2. The van der Waals surface area contributed by atoms with E-state index in [4.69, 9.17) is 5.11 Å². The molecule has 1 atom stereocenters. The normalized spacial score (nSPS) is 23.9. The van der Waals surface area contributed by atoms with E-state index in [2.05, 4.69) is 15.5 Å². The van der Waals surface area contributed by atoms with Gasteiger partial charge in [-0.25, -0.2) is 9.48 Å². The highest BCUT2D eigenvalue weighted by Gasteiger charge is 2.49. The van der Waals surface area contributed by atoms with E-state index in [-0.39, 0.29) is 17.0 Å².